The third-order valence-electron chi connectivity index (χ3n) is 2.25. The van der Waals surface area contributed by atoms with Gasteiger partial charge in [0, 0.05) is 18.8 Å². The first-order chi connectivity index (χ1) is 7.68. The molecule has 0 bridgehead atoms. The first-order valence-corrected chi connectivity index (χ1v) is 5.67. The average Bonchev–Trinajstić information content (AvgIpc) is 2.80. The minimum atomic E-state index is -0.0689. The van der Waals surface area contributed by atoms with Crippen molar-refractivity contribution in [3.63, 3.8) is 0 Å². The van der Waals surface area contributed by atoms with Gasteiger partial charge in [0.15, 0.2) is 0 Å². The van der Waals surface area contributed by atoms with E-state index in [4.69, 9.17) is 0 Å². The molecule has 0 atom stereocenters. The molecule has 4 heteroatoms. The average molecular weight is 233 g/mol. The number of amides is 1. The predicted octanol–water partition coefficient (Wildman–Crippen LogP) is 2.73. The van der Waals surface area contributed by atoms with Crippen LogP contribution in [0.3, 0.4) is 0 Å². The third kappa shape index (κ3) is 2.06. The standard InChI is InChI=1S/C12H11NO2S/c1-13(9-4-2-5-10(14)8-9)12(15)11-6-3-7-16-11/h2-8,14H,1H3. The molecule has 0 saturated heterocycles. The van der Waals surface area contributed by atoms with Crippen LogP contribution in [-0.2, 0) is 0 Å². The second-order valence-electron chi connectivity index (χ2n) is 3.36. The molecule has 0 aliphatic carbocycles. The van der Waals surface area contributed by atoms with Crippen LogP contribution in [0.25, 0.3) is 0 Å². The zero-order valence-corrected chi connectivity index (χ0v) is 9.57. The van der Waals surface area contributed by atoms with Gasteiger partial charge in [0.2, 0.25) is 0 Å². The zero-order valence-electron chi connectivity index (χ0n) is 8.75. The van der Waals surface area contributed by atoms with Crippen LogP contribution < -0.4 is 4.90 Å². The summed E-state index contributed by atoms with van der Waals surface area (Å²) < 4.78 is 0. The van der Waals surface area contributed by atoms with E-state index in [0.717, 1.165) is 0 Å². The summed E-state index contributed by atoms with van der Waals surface area (Å²) in [6.07, 6.45) is 0. The minimum Gasteiger partial charge on any atom is -0.508 e. The Morgan fingerprint density at radius 2 is 2.12 bits per heavy atom. The monoisotopic (exact) mass is 233 g/mol. The van der Waals surface area contributed by atoms with E-state index in [0.29, 0.717) is 10.6 Å². The maximum atomic E-state index is 12.0. The number of benzene rings is 1. The Hall–Kier alpha value is -1.81. The van der Waals surface area contributed by atoms with Crippen molar-refractivity contribution in [2.45, 2.75) is 0 Å². The van der Waals surface area contributed by atoms with E-state index in [1.165, 1.54) is 16.2 Å². The highest BCUT2D eigenvalue weighted by Gasteiger charge is 2.14. The summed E-state index contributed by atoms with van der Waals surface area (Å²) in [5, 5.41) is 11.2. The summed E-state index contributed by atoms with van der Waals surface area (Å²) >= 11 is 1.40. The SMILES string of the molecule is CN(C(=O)c1cccs1)c1cccc(O)c1. The van der Waals surface area contributed by atoms with Gasteiger partial charge in [-0.25, -0.2) is 0 Å². The molecule has 0 unspecified atom stereocenters. The Kier molecular flexibility index (Phi) is 2.92. The lowest BCUT2D eigenvalue weighted by molar-refractivity contribution is 0.0997. The summed E-state index contributed by atoms with van der Waals surface area (Å²) in [5.74, 6) is 0.0870. The van der Waals surface area contributed by atoms with Crippen LogP contribution in [0.15, 0.2) is 41.8 Å². The molecule has 2 aromatic rings. The number of carbonyl (C=O) groups excluding carboxylic acids is 1. The molecule has 1 amide bonds. The highest BCUT2D eigenvalue weighted by molar-refractivity contribution is 7.12. The summed E-state index contributed by atoms with van der Waals surface area (Å²) in [7, 11) is 1.69. The first kappa shape index (κ1) is 10.7. The largest absolute Gasteiger partial charge is 0.508 e. The second kappa shape index (κ2) is 4.37. The number of phenolic OH excluding ortho intramolecular Hbond substituents is 1. The molecule has 1 aromatic carbocycles. The molecule has 0 saturated carbocycles. The highest BCUT2D eigenvalue weighted by Crippen LogP contribution is 2.21. The van der Waals surface area contributed by atoms with Gasteiger partial charge < -0.3 is 10.0 Å². The minimum absolute atomic E-state index is 0.0689. The van der Waals surface area contributed by atoms with Crippen LogP contribution in [-0.4, -0.2) is 18.1 Å². The summed E-state index contributed by atoms with van der Waals surface area (Å²) in [6, 6.07) is 10.3. The van der Waals surface area contributed by atoms with Gasteiger partial charge in [0.25, 0.3) is 5.91 Å². The van der Waals surface area contributed by atoms with E-state index in [1.807, 2.05) is 11.4 Å². The Morgan fingerprint density at radius 3 is 2.75 bits per heavy atom. The molecular formula is C12H11NO2S. The van der Waals surface area contributed by atoms with Crippen molar-refractivity contribution in [2.75, 3.05) is 11.9 Å². The van der Waals surface area contributed by atoms with E-state index < -0.39 is 0 Å². The molecule has 0 radical (unpaired) electrons. The van der Waals surface area contributed by atoms with Crippen LogP contribution in [0, 0.1) is 0 Å². The molecule has 1 heterocycles. The van der Waals surface area contributed by atoms with E-state index in [9.17, 15) is 9.90 Å². The van der Waals surface area contributed by atoms with Gasteiger partial charge in [0.1, 0.15) is 5.75 Å². The molecule has 2 rings (SSSR count). The number of anilines is 1. The Balaban J connectivity index is 2.26. The number of hydrogen-bond donors (Lipinski definition) is 1. The van der Waals surface area contributed by atoms with Crippen LogP contribution >= 0.6 is 11.3 Å². The zero-order chi connectivity index (χ0) is 11.5. The summed E-state index contributed by atoms with van der Waals surface area (Å²) in [5.41, 5.74) is 0.679. The van der Waals surface area contributed by atoms with Crippen LogP contribution in [0.4, 0.5) is 5.69 Å². The van der Waals surface area contributed by atoms with Gasteiger partial charge in [-0.05, 0) is 23.6 Å². The van der Waals surface area contributed by atoms with Gasteiger partial charge in [-0.1, -0.05) is 12.1 Å². The highest BCUT2D eigenvalue weighted by atomic mass is 32.1. The number of hydrogen-bond acceptors (Lipinski definition) is 3. The van der Waals surface area contributed by atoms with Crippen LogP contribution in [0.1, 0.15) is 9.67 Å². The number of thiophene rings is 1. The molecule has 82 valence electrons. The fraction of sp³-hybridized carbons (Fsp3) is 0.0833. The van der Waals surface area contributed by atoms with Crippen molar-refractivity contribution >= 4 is 22.9 Å². The number of nitrogens with zero attached hydrogens (tertiary/aromatic N) is 1. The lowest BCUT2D eigenvalue weighted by Crippen LogP contribution is -2.25. The Labute approximate surface area is 97.6 Å². The van der Waals surface area contributed by atoms with Crippen molar-refractivity contribution in [3.8, 4) is 5.75 Å². The van der Waals surface area contributed by atoms with E-state index in [2.05, 4.69) is 0 Å². The molecule has 0 spiro atoms. The van der Waals surface area contributed by atoms with Gasteiger partial charge in [-0.2, -0.15) is 0 Å². The van der Waals surface area contributed by atoms with E-state index in [-0.39, 0.29) is 11.7 Å². The van der Waals surface area contributed by atoms with Crippen LogP contribution in [0.5, 0.6) is 5.75 Å². The van der Waals surface area contributed by atoms with Gasteiger partial charge in [-0.15, -0.1) is 11.3 Å². The van der Waals surface area contributed by atoms with Gasteiger partial charge in [-0.3, -0.25) is 4.79 Å². The Morgan fingerprint density at radius 1 is 1.31 bits per heavy atom. The fourth-order valence-corrected chi connectivity index (χ4v) is 2.08. The molecule has 0 aliphatic rings. The summed E-state index contributed by atoms with van der Waals surface area (Å²) in [4.78, 5) is 14.2. The van der Waals surface area contributed by atoms with Crippen molar-refractivity contribution < 1.29 is 9.90 Å². The lowest BCUT2D eigenvalue weighted by atomic mass is 10.2. The summed E-state index contributed by atoms with van der Waals surface area (Å²) in [6.45, 7) is 0. The maximum absolute atomic E-state index is 12.0. The molecule has 16 heavy (non-hydrogen) atoms. The molecule has 0 fully saturated rings. The predicted molar refractivity (Wildman–Crippen MR) is 65.2 cm³/mol. The quantitative estimate of drug-likeness (QED) is 0.866. The fourth-order valence-electron chi connectivity index (χ4n) is 1.38. The second-order valence-corrected chi connectivity index (χ2v) is 4.31. The lowest BCUT2D eigenvalue weighted by Gasteiger charge is -2.16. The molecular weight excluding hydrogens is 222 g/mol. The number of rotatable bonds is 2. The molecule has 1 N–H and O–H groups in total. The van der Waals surface area contributed by atoms with Gasteiger partial charge >= 0.3 is 0 Å². The van der Waals surface area contributed by atoms with Gasteiger partial charge in [0.05, 0.1) is 4.88 Å². The topological polar surface area (TPSA) is 40.5 Å². The normalized spacial score (nSPS) is 10.1. The third-order valence-corrected chi connectivity index (χ3v) is 3.11. The number of aromatic hydroxyl groups is 1. The molecule has 1 aromatic heterocycles. The van der Waals surface area contributed by atoms with E-state index >= 15 is 0 Å². The van der Waals surface area contributed by atoms with Crippen molar-refractivity contribution in [1.82, 2.24) is 0 Å². The molecule has 3 nitrogen and oxygen atoms in total. The maximum Gasteiger partial charge on any atom is 0.268 e. The van der Waals surface area contributed by atoms with Crippen LogP contribution in [0.2, 0.25) is 0 Å². The Bertz CT molecular complexity index is 493. The number of carbonyl (C=O) groups is 1. The van der Waals surface area contributed by atoms with Crippen molar-refractivity contribution in [3.05, 3.63) is 46.7 Å². The van der Waals surface area contributed by atoms with Crippen molar-refractivity contribution in [2.24, 2.45) is 0 Å². The first-order valence-electron chi connectivity index (χ1n) is 4.79. The number of phenols is 1. The smallest absolute Gasteiger partial charge is 0.268 e. The molecule has 0 aliphatic heterocycles. The van der Waals surface area contributed by atoms with E-state index in [1.54, 1.807) is 37.4 Å². The van der Waals surface area contributed by atoms with Crippen molar-refractivity contribution in [1.29, 1.82) is 0 Å².